The van der Waals surface area contributed by atoms with Crippen molar-refractivity contribution in [1.29, 1.82) is 0 Å². The number of benzene rings is 1. The van der Waals surface area contributed by atoms with E-state index in [1.54, 1.807) is 0 Å². The van der Waals surface area contributed by atoms with Gasteiger partial charge in [-0.2, -0.15) is 0 Å². The molecule has 0 radical (unpaired) electrons. The molecular formula is C12H13NOS. The van der Waals surface area contributed by atoms with Crippen molar-refractivity contribution in [1.82, 2.24) is 0 Å². The maximum absolute atomic E-state index is 5.75. The Kier molecular flexibility index (Phi) is 2.24. The average molecular weight is 219 g/mol. The average Bonchev–Trinajstić information content (AvgIpc) is 2.67. The van der Waals surface area contributed by atoms with Crippen molar-refractivity contribution >= 4 is 21.4 Å². The van der Waals surface area contributed by atoms with Crippen molar-refractivity contribution in [3.63, 3.8) is 0 Å². The monoisotopic (exact) mass is 219 g/mol. The predicted molar refractivity (Wildman–Crippen MR) is 63.3 cm³/mol. The Morgan fingerprint density at radius 1 is 1.40 bits per heavy atom. The summed E-state index contributed by atoms with van der Waals surface area (Å²) in [5, 5.41) is 1.33. The minimum absolute atomic E-state index is 0.102. The van der Waals surface area contributed by atoms with Gasteiger partial charge in [0.05, 0.1) is 12.7 Å². The van der Waals surface area contributed by atoms with Crippen LogP contribution in [0.5, 0.6) is 0 Å². The van der Waals surface area contributed by atoms with Crippen molar-refractivity contribution in [3.05, 3.63) is 34.7 Å². The number of fused-ring (bicyclic) bond motifs is 3. The van der Waals surface area contributed by atoms with E-state index in [1.165, 1.54) is 20.5 Å². The molecule has 1 atom stereocenters. The largest absolute Gasteiger partial charge is 0.372 e. The molecule has 0 bridgehead atoms. The fourth-order valence-electron chi connectivity index (χ4n) is 2.22. The fourth-order valence-corrected chi connectivity index (χ4v) is 3.45. The highest BCUT2D eigenvalue weighted by molar-refractivity contribution is 7.19. The van der Waals surface area contributed by atoms with Crippen LogP contribution in [-0.2, 0) is 11.2 Å². The van der Waals surface area contributed by atoms with Crippen molar-refractivity contribution in [2.75, 3.05) is 13.2 Å². The maximum atomic E-state index is 5.75. The topological polar surface area (TPSA) is 35.2 Å². The smallest absolute Gasteiger partial charge is 0.0963 e. The van der Waals surface area contributed by atoms with Gasteiger partial charge in [-0.3, -0.25) is 0 Å². The van der Waals surface area contributed by atoms with E-state index in [2.05, 4.69) is 24.3 Å². The lowest BCUT2D eigenvalue weighted by molar-refractivity contribution is 0.0508. The Labute approximate surface area is 92.7 Å². The molecule has 3 rings (SSSR count). The molecule has 2 aromatic rings. The van der Waals surface area contributed by atoms with E-state index in [1.807, 2.05) is 11.3 Å². The van der Waals surface area contributed by atoms with Crippen LogP contribution in [0.4, 0.5) is 0 Å². The van der Waals surface area contributed by atoms with Gasteiger partial charge in [0, 0.05) is 28.1 Å². The molecule has 1 aromatic carbocycles. The van der Waals surface area contributed by atoms with Crippen LogP contribution in [0.3, 0.4) is 0 Å². The summed E-state index contributed by atoms with van der Waals surface area (Å²) in [6, 6.07) is 8.51. The number of hydrogen-bond acceptors (Lipinski definition) is 3. The van der Waals surface area contributed by atoms with Crippen molar-refractivity contribution in [2.24, 2.45) is 5.73 Å². The highest BCUT2D eigenvalue weighted by atomic mass is 32.1. The number of ether oxygens (including phenoxy) is 1. The number of thiophene rings is 1. The van der Waals surface area contributed by atoms with Crippen molar-refractivity contribution in [2.45, 2.75) is 12.5 Å². The molecule has 1 aliphatic heterocycles. The molecule has 0 aliphatic carbocycles. The first-order valence-electron chi connectivity index (χ1n) is 5.22. The zero-order chi connectivity index (χ0) is 10.3. The molecule has 0 saturated heterocycles. The van der Waals surface area contributed by atoms with Crippen LogP contribution in [0.15, 0.2) is 24.3 Å². The Morgan fingerprint density at radius 2 is 2.27 bits per heavy atom. The normalized spacial score (nSPS) is 20.5. The van der Waals surface area contributed by atoms with Crippen LogP contribution in [-0.4, -0.2) is 13.2 Å². The molecular weight excluding hydrogens is 206 g/mol. The summed E-state index contributed by atoms with van der Waals surface area (Å²) in [6.07, 6.45) is 1.13. The summed E-state index contributed by atoms with van der Waals surface area (Å²) in [6.45, 7) is 1.38. The summed E-state index contributed by atoms with van der Waals surface area (Å²) in [5.74, 6) is 0. The lowest BCUT2D eigenvalue weighted by Gasteiger charge is -2.22. The van der Waals surface area contributed by atoms with Gasteiger partial charge in [-0.25, -0.2) is 0 Å². The van der Waals surface area contributed by atoms with E-state index in [9.17, 15) is 0 Å². The first-order chi connectivity index (χ1) is 7.40. The first kappa shape index (κ1) is 9.33. The third kappa shape index (κ3) is 1.39. The van der Waals surface area contributed by atoms with Gasteiger partial charge >= 0.3 is 0 Å². The number of hydrogen-bond donors (Lipinski definition) is 1. The Bertz CT molecular complexity index is 491. The Balaban J connectivity index is 2.27. The van der Waals surface area contributed by atoms with Gasteiger partial charge in [0.2, 0.25) is 0 Å². The van der Waals surface area contributed by atoms with E-state index in [0.29, 0.717) is 6.54 Å². The molecule has 2 heterocycles. The van der Waals surface area contributed by atoms with Gasteiger partial charge in [0.1, 0.15) is 0 Å². The van der Waals surface area contributed by atoms with Gasteiger partial charge in [-0.15, -0.1) is 11.3 Å². The summed E-state index contributed by atoms with van der Waals surface area (Å²) in [7, 11) is 0. The van der Waals surface area contributed by atoms with E-state index in [-0.39, 0.29) is 6.10 Å². The van der Waals surface area contributed by atoms with Crippen molar-refractivity contribution < 1.29 is 4.74 Å². The molecule has 0 saturated carbocycles. The minimum atomic E-state index is 0.102. The van der Waals surface area contributed by atoms with Crippen LogP contribution in [0.25, 0.3) is 10.1 Å². The number of rotatable bonds is 1. The van der Waals surface area contributed by atoms with Gasteiger partial charge < -0.3 is 10.5 Å². The molecule has 0 fully saturated rings. The fraction of sp³-hybridized carbons (Fsp3) is 0.333. The highest BCUT2D eigenvalue weighted by Gasteiger charge is 2.24. The Morgan fingerprint density at radius 3 is 3.13 bits per heavy atom. The second kappa shape index (κ2) is 3.59. The predicted octanol–water partition coefficient (Wildman–Crippen LogP) is 2.47. The summed E-state index contributed by atoms with van der Waals surface area (Å²) >= 11 is 1.88. The summed E-state index contributed by atoms with van der Waals surface area (Å²) in [5.41, 5.74) is 7.09. The second-order valence-electron chi connectivity index (χ2n) is 3.78. The molecule has 1 aromatic heterocycles. The second-order valence-corrected chi connectivity index (χ2v) is 4.92. The molecule has 78 valence electrons. The zero-order valence-electron chi connectivity index (χ0n) is 8.40. The third-order valence-electron chi connectivity index (χ3n) is 2.90. The molecule has 3 heteroatoms. The molecule has 15 heavy (non-hydrogen) atoms. The third-order valence-corrected chi connectivity index (χ3v) is 4.14. The van der Waals surface area contributed by atoms with E-state index in [4.69, 9.17) is 10.5 Å². The summed E-state index contributed by atoms with van der Waals surface area (Å²) < 4.78 is 7.05. The summed E-state index contributed by atoms with van der Waals surface area (Å²) in [4.78, 5) is 1.46. The molecule has 0 spiro atoms. The molecule has 0 amide bonds. The first-order valence-corrected chi connectivity index (χ1v) is 6.04. The van der Waals surface area contributed by atoms with Crippen LogP contribution < -0.4 is 5.73 Å². The van der Waals surface area contributed by atoms with Crippen LogP contribution in [0.1, 0.15) is 16.5 Å². The molecule has 2 N–H and O–H groups in total. The molecule has 1 unspecified atom stereocenters. The van der Waals surface area contributed by atoms with Gasteiger partial charge in [-0.1, -0.05) is 18.2 Å². The molecule has 2 nitrogen and oxygen atoms in total. The van der Waals surface area contributed by atoms with Crippen LogP contribution >= 0.6 is 11.3 Å². The SMILES string of the molecule is NCC1OCCc2sc3ccccc3c21. The van der Waals surface area contributed by atoms with E-state index < -0.39 is 0 Å². The highest BCUT2D eigenvalue weighted by Crippen LogP contribution is 2.39. The maximum Gasteiger partial charge on any atom is 0.0963 e. The zero-order valence-corrected chi connectivity index (χ0v) is 9.22. The van der Waals surface area contributed by atoms with E-state index >= 15 is 0 Å². The quantitative estimate of drug-likeness (QED) is 0.799. The van der Waals surface area contributed by atoms with Gasteiger partial charge in [0.15, 0.2) is 0 Å². The Hall–Kier alpha value is -0.900. The minimum Gasteiger partial charge on any atom is -0.372 e. The van der Waals surface area contributed by atoms with Crippen molar-refractivity contribution in [3.8, 4) is 0 Å². The van der Waals surface area contributed by atoms with Crippen LogP contribution in [0, 0.1) is 0 Å². The molecule has 1 aliphatic rings. The van der Waals surface area contributed by atoms with Gasteiger partial charge in [-0.05, 0) is 11.5 Å². The number of nitrogens with two attached hydrogens (primary N) is 1. The van der Waals surface area contributed by atoms with Gasteiger partial charge in [0.25, 0.3) is 0 Å². The lowest BCUT2D eigenvalue weighted by atomic mass is 10.0. The standard InChI is InChI=1S/C12H13NOS/c13-7-9-12-8-3-1-2-4-10(8)15-11(12)5-6-14-9/h1-4,9H,5-7,13H2. The van der Waals surface area contributed by atoms with E-state index in [0.717, 1.165) is 13.0 Å². The lowest BCUT2D eigenvalue weighted by Crippen LogP contribution is -2.21. The van der Waals surface area contributed by atoms with Crippen LogP contribution in [0.2, 0.25) is 0 Å².